The molecule has 0 amide bonds. The number of aryl methyl sites for hydroxylation is 1. The molecule has 0 aliphatic heterocycles. The summed E-state index contributed by atoms with van der Waals surface area (Å²) in [5.41, 5.74) is -0.624. The van der Waals surface area contributed by atoms with E-state index in [2.05, 4.69) is 15.1 Å². The van der Waals surface area contributed by atoms with Crippen molar-refractivity contribution in [3.05, 3.63) is 52.1 Å². The quantitative estimate of drug-likeness (QED) is 0.715. The monoisotopic (exact) mass is 315 g/mol. The van der Waals surface area contributed by atoms with E-state index in [4.69, 9.17) is 13.4 Å². The van der Waals surface area contributed by atoms with Crippen LogP contribution in [0.15, 0.2) is 47.6 Å². The van der Waals surface area contributed by atoms with E-state index in [1.807, 2.05) is 0 Å². The summed E-state index contributed by atoms with van der Waals surface area (Å²) >= 11 is 0. The highest BCUT2D eigenvalue weighted by Gasteiger charge is 2.10. The minimum Gasteiger partial charge on any atom is -0.507 e. The first-order chi connectivity index (χ1) is 11.1. The van der Waals surface area contributed by atoms with Gasteiger partial charge in [-0.3, -0.25) is 4.99 Å². The summed E-state index contributed by atoms with van der Waals surface area (Å²) in [4.78, 5) is 19.8. The van der Waals surface area contributed by atoms with Gasteiger partial charge in [-0.15, -0.1) is 0 Å². The minimum absolute atomic E-state index is 0.0115. The van der Waals surface area contributed by atoms with E-state index in [0.717, 1.165) is 0 Å². The van der Waals surface area contributed by atoms with Crippen molar-refractivity contribution in [1.29, 1.82) is 0 Å². The van der Waals surface area contributed by atoms with Gasteiger partial charge in [0.25, 0.3) is 0 Å². The third-order valence-electron chi connectivity index (χ3n) is 2.97. The summed E-state index contributed by atoms with van der Waals surface area (Å²) in [6.45, 7) is 1.89. The lowest BCUT2D eigenvalue weighted by molar-refractivity contribution is 0.379. The summed E-state index contributed by atoms with van der Waals surface area (Å²) in [5, 5.41) is 13.5. The zero-order valence-electron chi connectivity index (χ0n) is 12.2. The molecule has 0 aliphatic carbocycles. The Kier molecular flexibility index (Phi) is 4.05. The second-order valence-corrected chi connectivity index (χ2v) is 4.72. The highest BCUT2D eigenvalue weighted by molar-refractivity contribution is 5.82. The molecule has 8 nitrogen and oxygen atoms in total. The second kappa shape index (κ2) is 6.30. The number of aliphatic imine (C=N–C) groups is 1. The van der Waals surface area contributed by atoms with Crippen molar-refractivity contribution in [2.75, 3.05) is 6.54 Å². The van der Waals surface area contributed by atoms with Gasteiger partial charge in [0.05, 0.1) is 6.26 Å². The van der Waals surface area contributed by atoms with Gasteiger partial charge in [-0.05, 0) is 19.1 Å². The molecule has 0 spiro atoms. The summed E-state index contributed by atoms with van der Waals surface area (Å²) in [5.74, 6) is 1.45. The molecule has 23 heavy (non-hydrogen) atoms. The maximum atomic E-state index is 11.6. The number of aromatic nitrogens is 2. The molecule has 1 N–H and O–H groups in total. The van der Waals surface area contributed by atoms with Crippen LogP contribution < -0.4 is 5.63 Å². The van der Waals surface area contributed by atoms with E-state index < -0.39 is 5.63 Å². The normalized spacial score (nSPS) is 11.3. The molecule has 118 valence electrons. The van der Waals surface area contributed by atoms with Crippen LogP contribution in [0.4, 0.5) is 0 Å². The van der Waals surface area contributed by atoms with Crippen molar-refractivity contribution >= 4 is 6.21 Å². The van der Waals surface area contributed by atoms with Crippen LogP contribution in [0, 0.1) is 6.92 Å². The Balaban J connectivity index is 1.63. The van der Waals surface area contributed by atoms with Crippen LogP contribution in [-0.4, -0.2) is 28.0 Å². The van der Waals surface area contributed by atoms with E-state index >= 15 is 0 Å². The van der Waals surface area contributed by atoms with Crippen LogP contribution in [0.5, 0.6) is 5.75 Å². The lowest BCUT2D eigenvalue weighted by Crippen LogP contribution is -2.07. The molecule has 8 heteroatoms. The maximum Gasteiger partial charge on any atom is 0.348 e. The van der Waals surface area contributed by atoms with Crippen LogP contribution in [-0.2, 0) is 6.42 Å². The third kappa shape index (κ3) is 3.37. The maximum absolute atomic E-state index is 11.6. The number of rotatable bonds is 5. The Bertz CT molecular complexity index is 877. The Morgan fingerprint density at radius 1 is 1.43 bits per heavy atom. The third-order valence-corrected chi connectivity index (χ3v) is 2.97. The zero-order chi connectivity index (χ0) is 16.2. The van der Waals surface area contributed by atoms with E-state index in [-0.39, 0.29) is 11.3 Å². The zero-order valence-corrected chi connectivity index (χ0v) is 12.2. The Morgan fingerprint density at radius 3 is 3.04 bits per heavy atom. The van der Waals surface area contributed by atoms with Gasteiger partial charge < -0.3 is 18.5 Å². The lowest BCUT2D eigenvalue weighted by Gasteiger charge is -1.97. The van der Waals surface area contributed by atoms with Crippen LogP contribution >= 0.6 is 0 Å². The average molecular weight is 315 g/mol. The molecule has 0 aromatic carbocycles. The van der Waals surface area contributed by atoms with E-state index in [9.17, 15) is 9.90 Å². The summed E-state index contributed by atoms with van der Waals surface area (Å²) in [6.07, 6.45) is 3.18. The van der Waals surface area contributed by atoms with Crippen LogP contribution in [0.2, 0.25) is 0 Å². The Morgan fingerprint density at radius 2 is 2.30 bits per heavy atom. The highest BCUT2D eigenvalue weighted by atomic mass is 16.5. The number of nitrogens with zero attached hydrogens (tertiary/aromatic N) is 3. The molecule has 0 fully saturated rings. The van der Waals surface area contributed by atoms with Gasteiger partial charge in [-0.2, -0.15) is 4.98 Å². The molecular weight excluding hydrogens is 302 g/mol. The molecule has 3 aromatic heterocycles. The van der Waals surface area contributed by atoms with Crippen molar-refractivity contribution in [3.63, 3.8) is 0 Å². The van der Waals surface area contributed by atoms with Crippen molar-refractivity contribution in [3.8, 4) is 17.3 Å². The number of hydrogen-bond acceptors (Lipinski definition) is 8. The van der Waals surface area contributed by atoms with Crippen molar-refractivity contribution in [1.82, 2.24) is 10.1 Å². The average Bonchev–Trinajstić information content (AvgIpc) is 3.16. The fraction of sp³-hybridized carbons (Fsp3) is 0.200. The summed E-state index contributed by atoms with van der Waals surface area (Å²) in [6, 6.07) is 4.82. The topological polar surface area (TPSA) is 115 Å². The highest BCUT2D eigenvalue weighted by Crippen LogP contribution is 2.16. The molecule has 0 bridgehead atoms. The molecule has 3 rings (SSSR count). The van der Waals surface area contributed by atoms with E-state index in [1.165, 1.54) is 18.5 Å². The fourth-order valence-electron chi connectivity index (χ4n) is 1.90. The standard InChI is InChI=1S/C15H13N3O5/c1-9-7-11(19)10(15(20)22-9)8-16-5-4-13-17-14(18-23-13)12-3-2-6-21-12/h2-3,6-8,19H,4-5H2,1H3. The van der Waals surface area contributed by atoms with Crippen LogP contribution in [0.1, 0.15) is 17.2 Å². The Labute approximate surface area is 130 Å². The van der Waals surface area contributed by atoms with E-state index in [1.54, 1.807) is 19.1 Å². The van der Waals surface area contributed by atoms with Gasteiger partial charge in [0.2, 0.25) is 11.7 Å². The van der Waals surface area contributed by atoms with Crippen molar-refractivity contribution in [2.24, 2.45) is 4.99 Å². The number of aromatic hydroxyl groups is 1. The second-order valence-electron chi connectivity index (χ2n) is 4.72. The molecule has 0 atom stereocenters. The number of hydrogen-bond donors (Lipinski definition) is 1. The molecule has 0 aliphatic rings. The van der Waals surface area contributed by atoms with Crippen LogP contribution in [0.25, 0.3) is 11.6 Å². The summed E-state index contributed by atoms with van der Waals surface area (Å²) in [7, 11) is 0. The van der Waals surface area contributed by atoms with Crippen molar-refractivity contribution in [2.45, 2.75) is 13.3 Å². The SMILES string of the molecule is Cc1cc(O)c(C=NCCc2nc(-c3ccco3)no2)c(=O)o1. The molecule has 3 aromatic rings. The van der Waals surface area contributed by atoms with Crippen molar-refractivity contribution < 1.29 is 18.5 Å². The van der Waals surface area contributed by atoms with Gasteiger partial charge in [-0.1, -0.05) is 5.16 Å². The molecular formula is C15H13N3O5. The largest absolute Gasteiger partial charge is 0.507 e. The van der Waals surface area contributed by atoms with Gasteiger partial charge in [0, 0.05) is 25.2 Å². The Hall–Kier alpha value is -3.16. The predicted octanol–water partition coefficient (Wildman–Crippen LogP) is 1.96. The predicted molar refractivity (Wildman–Crippen MR) is 79.5 cm³/mol. The smallest absolute Gasteiger partial charge is 0.348 e. The first kappa shape index (κ1) is 14.8. The first-order valence-corrected chi connectivity index (χ1v) is 6.83. The van der Waals surface area contributed by atoms with Gasteiger partial charge in [0.1, 0.15) is 17.1 Å². The lowest BCUT2D eigenvalue weighted by atomic mass is 10.2. The summed E-state index contributed by atoms with van der Waals surface area (Å²) < 4.78 is 15.1. The van der Waals surface area contributed by atoms with E-state index in [0.29, 0.717) is 36.2 Å². The van der Waals surface area contributed by atoms with Gasteiger partial charge >= 0.3 is 5.63 Å². The molecule has 0 saturated carbocycles. The molecule has 0 saturated heterocycles. The van der Waals surface area contributed by atoms with Gasteiger partial charge in [-0.25, -0.2) is 4.79 Å². The first-order valence-electron chi connectivity index (χ1n) is 6.83. The van der Waals surface area contributed by atoms with Crippen LogP contribution in [0.3, 0.4) is 0 Å². The molecule has 3 heterocycles. The molecule has 0 radical (unpaired) electrons. The van der Waals surface area contributed by atoms with Gasteiger partial charge in [0.15, 0.2) is 5.76 Å². The molecule has 0 unspecified atom stereocenters. The minimum atomic E-state index is -0.635. The fourth-order valence-corrected chi connectivity index (χ4v) is 1.90. The number of furan rings is 1.